The van der Waals surface area contributed by atoms with Gasteiger partial charge >= 0.3 is 5.97 Å². The van der Waals surface area contributed by atoms with Crippen molar-refractivity contribution >= 4 is 21.9 Å². The number of amides is 1. The Labute approximate surface area is 154 Å². The molecule has 1 fully saturated rings. The first-order valence-corrected chi connectivity index (χ1v) is 10.2. The predicted molar refractivity (Wildman–Crippen MR) is 97.2 cm³/mol. The van der Waals surface area contributed by atoms with Gasteiger partial charge in [0.15, 0.2) is 0 Å². The fraction of sp³-hybridized carbons (Fsp3) is 0.556. The highest BCUT2D eigenvalue weighted by Crippen LogP contribution is 2.21. The first kappa shape index (κ1) is 20.4. The molecule has 8 heteroatoms. The highest BCUT2D eigenvalue weighted by atomic mass is 32.2. The number of carbonyl (C=O) groups is 2. The molecule has 0 saturated carbocycles. The van der Waals surface area contributed by atoms with E-state index in [0.29, 0.717) is 19.5 Å². The van der Waals surface area contributed by atoms with Gasteiger partial charge in [-0.25, -0.2) is 13.2 Å². The van der Waals surface area contributed by atoms with E-state index in [1.54, 1.807) is 0 Å². The smallest absolute Gasteiger partial charge is 0.328 e. The number of sulfonamides is 1. The zero-order valence-electron chi connectivity index (χ0n) is 15.4. The summed E-state index contributed by atoms with van der Waals surface area (Å²) in [6, 6.07) is 5.12. The lowest BCUT2D eigenvalue weighted by molar-refractivity contribution is -0.144. The fourth-order valence-electron chi connectivity index (χ4n) is 2.90. The zero-order chi connectivity index (χ0) is 19.3. The summed E-state index contributed by atoms with van der Waals surface area (Å²) in [5.74, 6) is -1.13. The van der Waals surface area contributed by atoms with E-state index in [-0.39, 0.29) is 16.4 Å². The second-order valence-electron chi connectivity index (χ2n) is 6.50. The van der Waals surface area contributed by atoms with Crippen LogP contribution in [0.15, 0.2) is 29.2 Å². The lowest BCUT2D eigenvalue weighted by Gasteiger charge is -2.22. The van der Waals surface area contributed by atoms with E-state index in [4.69, 9.17) is 4.74 Å². The molecule has 0 bridgehead atoms. The molecular formula is C18H26N2O5S. The van der Waals surface area contributed by atoms with Crippen LogP contribution in [0.25, 0.3) is 0 Å². The molecule has 1 aliphatic rings. The number of hydrogen-bond acceptors (Lipinski definition) is 5. The molecule has 1 amide bonds. The predicted octanol–water partition coefficient (Wildman–Crippen LogP) is 1.79. The van der Waals surface area contributed by atoms with Crippen molar-refractivity contribution in [1.82, 2.24) is 9.62 Å². The number of esters is 1. The SMILES string of the molecule is CC[C@@H](C)[C@@H](NC(=O)c1cccc(S(=O)(=O)N2CCCC2)c1)C(=O)OC. The summed E-state index contributed by atoms with van der Waals surface area (Å²) in [6.07, 6.45) is 2.37. The minimum Gasteiger partial charge on any atom is -0.467 e. The van der Waals surface area contributed by atoms with Gasteiger partial charge in [0, 0.05) is 18.7 Å². The minimum atomic E-state index is -3.60. The van der Waals surface area contributed by atoms with Crippen LogP contribution in [0, 0.1) is 5.92 Å². The van der Waals surface area contributed by atoms with Crippen LogP contribution in [0.4, 0.5) is 0 Å². The molecule has 0 unspecified atom stereocenters. The molecule has 1 aromatic carbocycles. The molecule has 0 spiro atoms. The largest absolute Gasteiger partial charge is 0.467 e. The van der Waals surface area contributed by atoms with Crippen LogP contribution in [0.1, 0.15) is 43.5 Å². The Bertz CT molecular complexity index is 757. The number of rotatable bonds is 7. The second-order valence-corrected chi connectivity index (χ2v) is 8.44. The third kappa shape index (κ3) is 4.42. The van der Waals surface area contributed by atoms with Crippen molar-refractivity contribution in [3.63, 3.8) is 0 Å². The van der Waals surface area contributed by atoms with Crippen LogP contribution in [0.5, 0.6) is 0 Å². The van der Waals surface area contributed by atoms with Crippen LogP contribution >= 0.6 is 0 Å². The molecule has 0 aromatic heterocycles. The Morgan fingerprint density at radius 1 is 1.27 bits per heavy atom. The fourth-order valence-corrected chi connectivity index (χ4v) is 4.46. The van der Waals surface area contributed by atoms with Crippen LogP contribution < -0.4 is 5.32 Å². The van der Waals surface area contributed by atoms with Crippen molar-refractivity contribution in [2.24, 2.45) is 5.92 Å². The highest BCUT2D eigenvalue weighted by molar-refractivity contribution is 7.89. The molecular weight excluding hydrogens is 356 g/mol. The molecule has 2 atom stereocenters. The summed E-state index contributed by atoms with van der Waals surface area (Å²) in [4.78, 5) is 24.6. The molecule has 26 heavy (non-hydrogen) atoms. The maximum Gasteiger partial charge on any atom is 0.328 e. The van der Waals surface area contributed by atoms with Crippen LogP contribution in [-0.4, -0.2) is 50.8 Å². The van der Waals surface area contributed by atoms with E-state index in [1.165, 1.54) is 35.7 Å². The first-order valence-electron chi connectivity index (χ1n) is 8.80. The van der Waals surface area contributed by atoms with E-state index in [9.17, 15) is 18.0 Å². The lowest BCUT2D eigenvalue weighted by atomic mass is 9.99. The van der Waals surface area contributed by atoms with E-state index in [2.05, 4.69) is 5.32 Å². The molecule has 1 aliphatic heterocycles. The molecule has 144 valence electrons. The summed E-state index contributed by atoms with van der Waals surface area (Å²) >= 11 is 0. The average molecular weight is 382 g/mol. The third-order valence-corrected chi connectivity index (χ3v) is 6.65. The standard InChI is InChI=1S/C18H26N2O5S/c1-4-13(2)16(18(22)25-3)19-17(21)14-8-7-9-15(12-14)26(23,24)20-10-5-6-11-20/h7-9,12-13,16H,4-6,10-11H2,1-3H3,(H,19,21)/t13-,16-/m1/s1. The Balaban J connectivity index is 2.23. The van der Waals surface area contributed by atoms with Gasteiger partial charge in [-0.05, 0) is 37.0 Å². The summed E-state index contributed by atoms with van der Waals surface area (Å²) in [6.45, 7) is 4.75. The van der Waals surface area contributed by atoms with Crippen LogP contribution in [0.3, 0.4) is 0 Å². The Morgan fingerprint density at radius 2 is 1.92 bits per heavy atom. The molecule has 1 N–H and O–H groups in total. The van der Waals surface area contributed by atoms with Gasteiger partial charge in [-0.15, -0.1) is 0 Å². The summed E-state index contributed by atoms with van der Waals surface area (Å²) in [7, 11) is -2.33. The van der Waals surface area contributed by atoms with Gasteiger partial charge in [-0.3, -0.25) is 4.79 Å². The Morgan fingerprint density at radius 3 is 2.50 bits per heavy atom. The normalized spacial score (nSPS) is 17.5. The lowest BCUT2D eigenvalue weighted by Crippen LogP contribution is -2.45. The molecule has 1 heterocycles. The average Bonchev–Trinajstić information content (AvgIpc) is 3.20. The molecule has 1 aromatic rings. The molecule has 2 rings (SSSR count). The number of nitrogens with zero attached hydrogens (tertiary/aromatic N) is 1. The van der Waals surface area contributed by atoms with Crippen molar-refractivity contribution in [2.45, 2.75) is 44.0 Å². The third-order valence-electron chi connectivity index (χ3n) is 4.75. The number of methoxy groups -OCH3 is 1. The number of hydrogen-bond donors (Lipinski definition) is 1. The number of benzene rings is 1. The minimum absolute atomic E-state index is 0.0882. The molecule has 0 radical (unpaired) electrons. The van der Waals surface area contributed by atoms with Crippen molar-refractivity contribution in [1.29, 1.82) is 0 Å². The maximum atomic E-state index is 12.7. The van der Waals surface area contributed by atoms with E-state index in [0.717, 1.165) is 12.8 Å². The molecule has 7 nitrogen and oxygen atoms in total. The van der Waals surface area contributed by atoms with E-state index >= 15 is 0 Å². The van der Waals surface area contributed by atoms with Crippen LogP contribution in [-0.2, 0) is 19.6 Å². The van der Waals surface area contributed by atoms with E-state index < -0.39 is 27.9 Å². The quantitative estimate of drug-likeness (QED) is 0.726. The van der Waals surface area contributed by atoms with Gasteiger partial charge < -0.3 is 10.1 Å². The van der Waals surface area contributed by atoms with Gasteiger partial charge in [0.2, 0.25) is 10.0 Å². The van der Waals surface area contributed by atoms with Crippen molar-refractivity contribution in [2.75, 3.05) is 20.2 Å². The first-order chi connectivity index (χ1) is 12.3. The monoisotopic (exact) mass is 382 g/mol. The van der Waals surface area contributed by atoms with Gasteiger partial charge in [-0.1, -0.05) is 26.3 Å². The van der Waals surface area contributed by atoms with Gasteiger partial charge in [-0.2, -0.15) is 4.31 Å². The highest BCUT2D eigenvalue weighted by Gasteiger charge is 2.29. The van der Waals surface area contributed by atoms with E-state index in [1.807, 2.05) is 13.8 Å². The van der Waals surface area contributed by atoms with Crippen molar-refractivity contribution in [3.8, 4) is 0 Å². The number of ether oxygens (including phenoxy) is 1. The van der Waals surface area contributed by atoms with Crippen LogP contribution in [0.2, 0.25) is 0 Å². The maximum absolute atomic E-state index is 12.7. The van der Waals surface area contributed by atoms with Gasteiger partial charge in [0.1, 0.15) is 6.04 Å². The topological polar surface area (TPSA) is 92.8 Å². The second kappa shape index (κ2) is 8.64. The summed E-state index contributed by atoms with van der Waals surface area (Å²) < 4.78 is 31.5. The molecule has 1 saturated heterocycles. The Hall–Kier alpha value is -1.93. The van der Waals surface area contributed by atoms with Crippen molar-refractivity contribution in [3.05, 3.63) is 29.8 Å². The number of carbonyl (C=O) groups excluding carboxylic acids is 2. The summed E-state index contributed by atoms with van der Waals surface area (Å²) in [5.41, 5.74) is 0.197. The number of nitrogens with one attached hydrogen (secondary N) is 1. The summed E-state index contributed by atoms with van der Waals surface area (Å²) in [5, 5.41) is 2.66. The van der Waals surface area contributed by atoms with Gasteiger partial charge in [0.05, 0.1) is 12.0 Å². The van der Waals surface area contributed by atoms with Gasteiger partial charge in [0.25, 0.3) is 5.91 Å². The Kier molecular flexibility index (Phi) is 6.77. The van der Waals surface area contributed by atoms with Crippen molar-refractivity contribution < 1.29 is 22.7 Å². The molecule has 0 aliphatic carbocycles. The zero-order valence-corrected chi connectivity index (χ0v) is 16.2.